The highest BCUT2D eigenvalue weighted by molar-refractivity contribution is 7.87. The fourth-order valence-corrected chi connectivity index (χ4v) is 2.33. The van der Waals surface area contributed by atoms with Crippen LogP contribution in [0, 0.1) is 6.92 Å². The Bertz CT molecular complexity index is 908. The number of carbonyl (C=O) groups is 1. The molecule has 8 nitrogen and oxygen atoms in total. The molecule has 0 radical (unpaired) electrons. The van der Waals surface area contributed by atoms with E-state index in [9.17, 15) is 26.4 Å². The summed E-state index contributed by atoms with van der Waals surface area (Å²) in [5.74, 6) is -1.49. The van der Waals surface area contributed by atoms with E-state index in [-0.39, 0.29) is 36.3 Å². The van der Waals surface area contributed by atoms with Crippen LogP contribution in [0.1, 0.15) is 16.1 Å². The largest absolute Gasteiger partial charge is 0.534 e. The quantitative estimate of drug-likeness (QED) is 0.437. The zero-order valence-corrected chi connectivity index (χ0v) is 14.9. The summed E-state index contributed by atoms with van der Waals surface area (Å²) in [6, 6.07) is 2.45. The number of carbonyl (C=O) groups excluding carboxylic acids is 1. The first-order valence-corrected chi connectivity index (χ1v) is 7.59. The molecule has 2 rings (SSSR count). The van der Waals surface area contributed by atoms with Crippen molar-refractivity contribution in [3.63, 3.8) is 0 Å². The van der Waals surface area contributed by atoms with Gasteiger partial charge in [-0.15, -0.1) is 0 Å². The van der Waals surface area contributed by atoms with E-state index in [2.05, 4.69) is 13.9 Å². The van der Waals surface area contributed by atoms with Gasteiger partial charge in [0.2, 0.25) is 0 Å². The third kappa shape index (κ3) is 3.76. The number of nitrogens with zero attached hydrogens (tertiary/aromatic N) is 2. The second kappa shape index (κ2) is 7.00. The fourth-order valence-electron chi connectivity index (χ4n) is 1.87. The van der Waals surface area contributed by atoms with Gasteiger partial charge in [0.05, 0.1) is 25.5 Å². The lowest BCUT2D eigenvalue weighted by atomic mass is 10.2. The standard InChI is InChI=1S/C12H11F3N2O6S.H2S/c1-6-10(23-24(19,20)12(13,14)15)16-8-4-7(11(18)22-3)5-9(21-2)17(6)8;/h4-5H,1-3H3;1H2. The number of alkyl halides is 3. The number of aromatic nitrogens is 2. The van der Waals surface area contributed by atoms with Crippen LogP contribution in [0.2, 0.25) is 0 Å². The molecule has 140 valence electrons. The van der Waals surface area contributed by atoms with Crippen LogP contribution in [0.4, 0.5) is 13.2 Å². The minimum Gasteiger partial charge on any atom is -0.482 e. The van der Waals surface area contributed by atoms with Gasteiger partial charge in [0.15, 0.2) is 5.88 Å². The Morgan fingerprint density at radius 3 is 2.32 bits per heavy atom. The van der Waals surface area contributed by atoms with Crippen LogP contribution in [0.15, 0.2) is 12.1 Å². The van der Waals surface area contributed by atoms with Crippen LogP contribution in [-0.4, -0.2) is 43.5 Å². The Kier molecular flexibility index (Phi) is 5.85. The monoisotopic (exact) mass is 402 g/mol. The number of ether oxygens (including phenoxy) is 2. The van der Waals surface area contributed by atoms with E-state index in [1.807, 2.05) is 0 Å². The molecule has 0 spiro atoms. The Labute approximate surface area is 147 Å². The van der Waals surface area contributed by atoms with Crippen LogP contribution in [-0.2, 0) is 14.9 Å². The summed E-state index contributed by atoms with van der Waals surface area (Å²) in [6.45, 7) is 1.28. The van der Waals surface area contributed by atoms with Crippen LogP contribution >= 0.6 is 13.5 Å². The van der Waals surface area contributed by atoms with E-state index in [4.69, 9.17) is 4.74 Å². The second-order valence-corrected chi connectivity index (χ2v) is 5.99. The third-order valence-electron chi connectivity index (χ3n) is 2.98. The van der Waals surface area contributed by atoms with Gasteiger partial charge in [0.1, 0.15) is 5.65 Å². The SMILES string of the molecule is COC(=O)c1cc(OC)n2c(C)c(OS(=O)(=O)C(F)(F)F)nc2c1.S. The maximum absolute atomic E-state index is 12.4. The van der Waals surface area contributed by atoms with Gasteiger partial charge < -0.3 is 13.7 Å². The molecular formula is C12H13F3N2O6S2. The lowest BCUT2D eigenvalue weighted by molar-refractivity contribution is -0.0501. The fraction of sp³-hybridized carbons (Fsp3) is 0.333. The molecule has 0 aromatic carbocycles. The predicted octanol–water partition coefficient (Wildman–Crippen LogP) is 1.78. The molecular weight excluding hydrogens is 389 g/mol. The summed E-state index contributed by atoms with van der Waals surface area (Å²) in [4.78, 5) is 15.3. The van der Waals surface area contributed by atoms with E-state index in [1.54, 1.807) is 0 Å². The molecule has 0 N–H and O–H groups in total. The maximum Gasteiger partial charge on any atom is 0.534 e. The summed E-state index contributed by atoms with van der Waals surface area (Å²) in [6.07, 6.45) is 0. The molecule has 2 heterocycles. The number of imidazole rings is 1. The van der Waals surface area contributed by atoms with Crippen LogP contribution in [0.3, 0.4) is 0 Å². The van der Waals surface area contributed by atoms with Crippen LogP contribution < -0.4 is 8.92 Å². The second-order valence-electron chi connectivity index (χ2n) is 4.46. The molecule has 0 aliphatic carbocycles. The van der Waals surface area contributed by atoms with Crippen molar-refractivity contribution in [3.8, 4) is 11.8 Å². The predicted molar refractivity (Wildman–Crippen MR) is 83.8 cm³/mol. The van der Waals surface area contributed by atoms with Crippen molar-refractivity contribution in [2.45, 2.75) is 12.4 Å². The molecule has 0 unspecified atom stereocenters. The number of aryl methyl sites for hydroxylation is 1. The highest BCUT2D eigenvalue weighted by atomic mass is 32.2. The van der Waals surface area contributed by atoms with Gasteiger partial charge in [-0.25, -0.2) is 4.79 Å². The number of pyridine rings is 1. The average molecular weight is 402 g/mol. The Balaban J connectivity index is 0.00000312. The van der Waals surface area contributed by atoms with E-state index in [1.165, 1.54) is 30.6 Å². The van der Waals surface area contributed by atoms with Gasteiger partial charge in [0, 0.05) is 6.07 Å². The minimum atomic E-state index is -5.88. The van der Waals surface area contributed by atoms with Crippen molar-refractivity contribution in [2.24, 2.45) is 0 Å². The molecule has 0 bridgehead atoms. The van der Waals surface area contributed by atoms with Gasteiger partial charge in [0.25, 0.3) is 5.88 Å². The number of methoxy groups -OCH3 is 2. The summed E-state index contributed by atoms with van der Waals surface area (Å²) in [7, 11) is -3.49. The molecule has 0 fully saturated rings. The van der Waals surface area contributed by atoms with Gasteiger partial charge in [-0.2, -0.15) is 40.1 Å². The number of hydrogen-bond donors (Lipinski definition) is 0. The van der Waals surface area contributed by atoms with Crippen molar-refractivity contribution in [1.82, 2.24) is 9.38 Å². The maximum atomic E-state index is 12.4. The van der Waals surface area contributed by atoms with E-state index in [0.29, 0.717) is 0 Å². The molecule has 2 aromatic heterocycles. The van der Waals surface area contributed by atoms with E-state index in [0.717, 1.165) is 7.11 Å². The van der Waals surface area contributed by atoms with Gasteiger partial charge in [-0.1, -0.05) is 0 Å². The Hall–Kier alpha value is -2.15. The topological polar surface area (TPSA) is 96.2 Å². The molecule has 0 atom stereocenters. The van der Waals surface area contributed by atoms with Crippen molar-refractivity contribution >= 4 is 35.2 Å². The number of esters is 1. The third-order valence-corrected chi connectivity index (χ3v) is 3.92. The first kappa shape index (κ1) is 20.9. The summed E-state index contributed by atoms with van der Waals surface area (Å²) in [5.41, 5.74) is -5.71. The molecule has 2 aromatic rings. The number of halogens is 3. The summed E-state index contributed by atoms with van der Waals surface area (Å²) >= 11 is 0. The van der Waals surface area contributed by atoms with Gasteiger partial charge in [-0.3, -0.25) is 4.40 Å². The summed E-state index contributed by atoms with van der Waals surface area (Å²) in [5, 5.41) is 0. The van der Waals surface area contributed by atoms with Crippen molar-refractivity contribution in [3.05, 3.63) is 23.4 Å². The lowest BCUT2D eigenvalue weighted by Gasteiger charge is -2.09. The highest BCUT2D eigenvalue weighted by Gasteiger charge is 2.49. The normalized spacial score (nSPS) is 11.8. The van der Waals surface area contributed by atoms with Gasteiger partial charge in [-0.05, 0) is 13.0 Å². The van der Waals surface area contributed by atoms with Crippen molar-refractivity contribution in [1.29, 1.82) is 0 Å². The first-order valence-electron chi connectivity index (χ1n) is 6.18. The van der Waals surface area contributed by atoms with Crippen molar-refractivity contribution in [2.75, 3.05) is 14.2 Å². The molecule has 0 aliphatic rings. The average Bonchev–Trinajstić information content (AvgIpc) is 2.80. The molecule has 0 saturated carbocycles. The Morgan fingerprint density at radius 2 is 1.84 bits per heavy atom. The molecule has 25 heavy (non-hydrogen) atoms. The Morgan fingerprint density at radius 1 is 1.24 bits per heavy atom. The number of hydrogen-bond acceptors (Lipinski definition) is 7. The number of fused-ring (bicyclic) bond motifs is 1. The molecule has 0 amide bonds. The summed E-state index contributed by atoms with van der Waals surface area (Å²) < 4.78 is 74.4. The smallest absolute Gasteiger partial charge is 0.482 e. The van der Waals surface area contributed by atoms with E-state index >= 15 is 0 Å². The lowest BCUT2D eigenvalue weighted by Crippen LogP contribution is -2.28. The van der Waals surface area contributed by atoms with E-state index < -0.39 is 27.5 Å². The zero-order valence-electron chi connectivity index (χ0n) is 13.0. The molecule has 13 heteroatoms. The van der Waals surface area contributed by atoms with Gasteiger partial charge >= 0.3 is 21.6 Å². The zero-order chi connectivity index (χ0) is 18.3. The van der Waals surface area contributed by atoms with Crippen molar-refractivity contribution < 1.29 is 40.0 Å². The molecule has 0 aliphatic heterocycles. The first-order chi connectivity index (χ1) is 11.0. The number of rotatable bonds is 4. The van der Waals surface area contributed by atoms with Crippen LogP contribution in [0.25, 0.3) is 5.65 Å². The molecule has 0 saturated heterocycles. The minimum absolute atomic E-state index is 0. The highest BCUT2D eigenvalue weighted by Crippen LogP contribution is 2.31. The van der Waals surface area contributed by atoms with Crippen LogP contribution in [0.5, 0.6) is 11.8 Å².